The zero-order valence-corrected chi connectivity index (χ0v) is 13.0. The Balaban J connectivity index is 2.23. The summed E-state index contributed by atoms with van der Waals surface area (Å²) < 4.78 is 0. The molecule has 0 heterocycles. The largest absolute Gasteiger partial charge is 0.329 e. The van der Waals surface area contributed by atoms with E-state index in [0.717, 1.165) is 11.6 Å². The highest BCUT2D eigenvalue weighted by molar-refractivity contribution is 6.31. The summed E-state index contributed by atoms with van der Waals surface area (Å²) >= 11 is 6.28. The van der Waals surface area contributed by atoms with Gasteiger partial charge in [0.15, 0.2) is 0 Å². The molecule has 0 saturated heterocycles. The molecule has 0 aromatic heterocycles. The molecule has 1 aliphatic rings. The van der Waals surface area contributed by atoms with Crippen molar-refractivity contribution in [1.29, 1.82) is 0 Å². The van der Waals surface area contributed by atoms with Crippen molar-refractivity contribution in [1.82, 2.24) is 4.90 Å². The van der Waals surface area contributed by atoms with Crippen molar-refractivity contribution in [3.8, 4) is 0 Å². The van der Waals surface area contributed by atoms with Crippen LogP contribution in [0, 0.1) is 5.41 Å². The van der Waals surface area contributed by atoms with E-state index in [1.807, 2.05) is 18.2 Å². The van der Waals surface area contributed by atoms with E-state index in [9.17, 15) is 0 Å². The van der Waals surface area contributed by atoms with Gasteiger partial charge in [0.1, 0.15) is 0 Å². The molecule has 1 aliphatic carbocycles. The van der Waals surface area contributed by atoms with Gasteiger partial charge >= 0.3 is 0 Å². The number of hydrogen-bond acceptors (Lipinski definition) is 2. The molecule has 0 spiro atoms. The van der Waals surface area contributed by atoms with Crippen molar-refractivity contribution >= 4 is 11.6 Å². The van der Waals surface area contributed by atoms with Gasteiger partial charge in [0, 0.05) is 23.7 Å². The quantitative estimate of drug-likeness (QED) is 0.912. The number of benzene rings is 1. The van der Waals surface area contributed by atoms with Crippen molar-refractivity contribution in [3.63, 3.8) is 0 Å². The van der Waals surface area contributed by atoms with Crippen molar-refractivity contribution < 1.29 is 0 Å². The van der Waals surface area contributed by atoms with Gasteiger partial charge in [-0.25, -0.2) is 0 Å². The summed E-state index contributed by atoms with van der Waals surface area (Å²) in [7, 11) is 2.18. The molecule has 19 heavy (non-hydrogen) atoms. The van der Waals surface area contributed by atoms with Crippen LogP contribution in [0.3, 0.4) is 0 Å². The third-order valence-corrected chi connectivity index (χ3v) is 5.45. The van der Waals surface area contributed by atoms with Crippen LogP contribution in [0.4, 0.5) is 0 Å². The highest BCUT2D eigenvalue weighted by Crippen LogP contribution is 2.49. The summed E-state index contributed by atoms with van der Waals surface area (Å²) in [6.07, 6.45) is 3.69. The number of rotatable bonds is 4. The third kappa shape index (κ3) is 2.54. The highest BCUT2D eigenvalue weighted by Gasteiger charge is 2.50. The minimum Gasteiger partial charge on any atom is -0.329 e. The first-order valence-electron chi connectivity index (χ1n) is 7.08. The van der Waals surface area contributed by atoms with Gasteiger partial charge in [-0.1, -0.05) is 50.1 Å². The molecule has 2 N–H and O–H groups in total. The second-order valence-electron chi connectivity index (χ2n) is 6.42. The van der Waals surface area contributed by atoms with Crippen LogP contribution in [0.15, 0.2) is 24.3 Å². The van der Waals surface area contributed by atoms with Gasteiger partial charge in [-0.3, -0.25) is 4.90 Å². The van der Waals surface area contributed by atoms with Crippen LogP contribution in [0.2, 0.25) is 5.02 Å². The molecule has 1 atom stereocenters. The Labute approximate surface area is 121 Å². The Bertz CT molecular complexity index is 444. The Hall–Kier alpha value is -0.570. The molecule has 0 aliphatic heterocycles. The first-order valence-corrected chi connectivity index (χ1v) is 7.45. The van der Waals surface area contributed by atoms with Crippen molar-refractivity contribution in [3.05, 3.63) is 34.9 Å². The number of nitrogens with two attached hydrogens (primary N) is 1. The molecule has 1 fully saturated rings. The maximum Gasteiger partial charge on any atom is 0.0451 e. The summed E-state index contributed by atoms with van der Waals surface area (Å²) in [5, 5.41) is 0.845. The standard InChI is InChI=1S/C16H25ClN2/c1-15(2)9-6-10-16(15,12-18)19(3)11-13-7-4-5-8-14(13)17/h4-5,7-8H,6,9-12,18H2,1-3H3. The van der Waals surface area contributed by atoms with Gasteiger partial charge in [-0.2, -0.15) is 0 Å². The SMILES string of the molecule is CN(Cc1ccccc1Cl)C1(CN)CCCC1(C)C. The van der Waals surface area contributed by atoms with Crippen LogP contribution in [0.1, 0.15) is 38.7 Å². The van der Waals surface area contributed by atoms with E-state index >= 15 is 0 Å². The van der Waals surface area contributed by atoms with Crippen LogP contribution in [0.5, 0.6) is 0 Å². The van der Waals surface area contributed by atoms with Crippen molar-refractivity contribution in [2.45, 2.75) is 45.2 Å². The maximum absolute atomic E-state index is 6.28. The normalized spacial score (nSPS) is 26.0. The third-order valence-electron chi connectivity index (χ3n) is 5.09. The van der Waals surface area contributed by atoms with Crippen LogP contribution in [-0.2, 0) is 6.54 Å². The molecule has 2 nitrogen and oxygen atoms in total. The molecule has 1 unspecified atom stereocenters. The molecule has 0 radical (unpaired) electrons. The van der Waals surface area contributed by atoms with Crippen molar-refractivity contribution in [2.24, 2.45) is 11.1 Å². The van der Waals surface area contributed by atoms with Gasteiger partial charge in [-0.05, 0) is 36.9 Å². The molecular formula is C16H25ClN2. The first-order chi connectivity index (χ1) is 8.93. The average Bonchev–Trinajstić information content (AvgIpc) is 2.68. The van der Waals surface area contributed by atoms with E-state index < -0.39 is 0 Å². The summed E-state index contributed by atoms with van der Waals surface area (Å²) in [6.45, 7) is 6.26. The molecule has 3 heteroatoms. The fraction of sp³-hybridized carbons (Fsp3) is 0.625. The smallest absolute Gasteiger partial charge is 0.0451 e. The van der Waals surface area contributed by atoms with E-state index in [0.29, 0.717) is 6.54 Å². The predicted molar refractivity (Wildman–Crippen MR) is 82.3 cm³/mol. The van der Waals surface area contributed by atoms with E-state index in [-0.39, 0.29) is 11.0 Å². The molecule has 0 bridgehead atoms. The van der Waals surface area contributed by atoms with Crippen molar-refractivity contribution in [2.75, 3.05) is 13.6 Å². The summed E-state index contributed by atoms with van der Waals surface area (Å²) in [4.78, 5) is 2.42. The summed E-state index contributed by atoms with van der Waals surface area (Å²) in [5.74, 6) is 0. The zero-order chi connectivity index (χ0) is 14.1. The number of nitrogens with zero attached hydrogens (tertiary/aromatic N) is 1. The van der Waals surface area contributed by atoms with Crippen LogP contribution in [-0.4, -0.2) is 24.0 Å². The molecule has 0 amide bonds. The second kappa shape index (κ2) is 5.43. The van der Waals surface area contributed by atoms with Gasteiger partial charge in [0.25, 0.3) is 0 Å². The van der Waals surface area contributed by atoms with Gasteiger partial charge < -0.3 is 5.73 Å². The Morgan fingerprint density at radius 1 is 1.26 bits per heavy atom. The molecule has 2 rings (SSSR count). The van der Waals surface area contributed by atoms with Gasteiger partial charge in [0.05, 0.1) is 0 Å². The van der Waals surface area contributed by atoms with E-state index in [4.69, 9.17) is 17.3 Å². The Morgan fingerprint density at radius 2 is 1.95 bits per heavy atom. The molecule has 106 valence electrons. The van der Waals surface area contributed by atoms with Crippen LogP contribution in [0.25, 0.3) is 0 Å². The van der Waals surface area contributed by atoms with Crippen LogP contribution >= 0.6 is 11.6 Å². The maximum atomic E-state index is 6.28. The Kier molecular flexibility index (Phi) is 4.24. The fourth-order valence-corrected chi connectivity index (χ4v) is 3.86. The zero-order valence-electron chi connectivity index (χ0n) is 12.2. The van der Waals surface area contributed by atoms with E-state index in [2.05, 4.69) is 31.9 Å². The number of halogens is 1. The number of hydrogen-bond donors (Lipinski definition) is 1. The topological polar surface area (TPSA) is 29.3 Å². The first kappa shape index (κ1) is 14.8. The predicted octanol–water partition coefficient (Wildman–Crippen LogP) is 3.68. The fourth-order valence-electron chi connectivity index (χ4n) is 3.67. The van der Waals surface area contributed by atoms with Crippen LogP contribution < -0.4 is 5.73 Å². The molecule has 1 saturated carbocycles. The number of likely N-dealkylation sites (N-methyl/N-ethyl adjacent to an activating group) is 1. The lowest BCUT2D eigenvalue weighted by Crippen LogP contribution is -2.58. The average molecular weight is 281 g/mol. The van der Waals surface area contributed by atoms with E-state index in [1.165, 1.54) is 24.8 Å². The molecular weight excluding hydrogens is 256 g/mol. The van der Waals surface area contributed by atoms with E-state index in [1.54, 1.807) is 0 Å². The Morgan fingerprint density at radius 3 is 2.47 bits per heavy atom. The minimum absolute atomic E-state index is 0.0895. The van der Waals surface area contributed by atoms with Gasteiger partial charge in [0.2, 0.25) is 0 Å². The summed E-state index contributed by atoms with van der Waals surface area (Å²) in [5.41, 5.74) is 7.70. The lowest BCUT2D eigenvalue weighted by Gasteiger charge is -2.48. The second-order valence-corrected chi connectivity index (χ2v) is 6.83. The summed E-state index contributed by atoms with van der Waals surface area (Å²) in [6, 6.07) is 8.08. The molecule has 1 aromatic rings. The monoisotopic (exact) mass is 280 g/mol. The highest BCUT2D eigenvalue weighted by atomic mass is 35.5. The minimum atomic E-state index is 0.0895. The lowest BCUT2D eigenvalue weighted by atomic mass is 9.73. The lowest BCUT2D eigenvalue weighted by molar-refractivity contribution is 0.0276. The van der Waals surface area contributed by atoms with Gasteiger partial charge in [-0.15, -0.1) is 0 Å². The molecule has 1 aromatic carbocycles.